The van der Waals surface area contributed by atoms with Gasteiger partial charge >= 0.3 is 6.03 Å². The van der Waals surface area contributed by atoms with E-state index in [0.717, 1.165) is 15.9 Å². The minimum atomic E-state index is -0.507. The van der Waals surface area contributed by atoms with Gasteiger partial charge in [0, 0.05) is 51.1 Å². The van der Waals surface area contributed by atoms with Crippen molar-refractivity contribution in [3.63, 3.8) is 0 Å². The molecule has 1 fully saturated rings. The van der Waals surface area contributed by atoms with E-state index >= 15 is 0 Å². The minimum absolute atomic E-state index is 0.216. The van der Waals surface area contributed by atoms with Crippen molar-refractivity contribution in [2.24, 2.45) is 5.10 Å². The monoisotopic (exact) mass is 551 g/mol. The summed E-state index contributed by atoms with van der Waals surface area (Å²) in [6.45, 7) is 5.92. The number of rotatable bonds is 3. The molecule has 2 amide bonds. The molecule has 0 spiro atoms. The third-order valence-electron chi connectivity index (χ3n) is 6.34. The van der Waals surface area contributed by atoms with Crippen molar-refractivity contribution >= 4 is 34.1 Å². The Hall–Kier alpha value is -3.85. The van der Waals surface area contributed by atoms with Crippen LogP contribution in [0.15, 0.2) is 40.0 Å². The molecule has 2 aliphatic rings. The number of hydrazone groups is 1. The zero-order chi connectivity index (χ0) is 25.4. The highest BCUT2D eigenvalue weighted by Gasteiger charge is 2.34. The molecule has 5 rings (SSSR count). The lowest BCUT2D eigenvalue weighted by Crippen LogP contribution is -2.52. The average Bonchev–Trinajstić information content (AvgIpc) is 3.49. The van der Waals surface area contributed by atoms with E-state index in [2.05, 4.69) is 31.1 Å². The second-order valence-corrected chi connectivity index (χ2v) is 9.44. The van der Waals surface area contributed by atoms with Crippen LogP contribution in [0.4, 0.5) is 15.1 Å². The van der Waals surface area contributed by atoms with Crippen LogP contribution in [0.3, 0.4) is 0 Å². The second-order valence-electron chi connectivity index (χ2n) is 8.65. The van der Waals surface area contributed by atoms with Crippen LogP contribution in [0.2, 0.25) is 0 Å². The Balaban J connectivity index is 1.27. The van der Waals surface area contributed by atoms with Gasteiger partial charge < -0.3 is 9.80 Å². The second kappa shape index (κ2) is 9.66. The first kappa shape index (κ1) is 23.9. The van der Waals surface area contributed by atoms with E-state index in [1.165, 1.54) is 17.1 Å². The fraction of sp³-hybridized carbons (Fsp3) is 0.333. The predicted octanol–water partition coefficient (Wildman–Crippen LogP) is 3.73. The molecule has 0 bridgehead atoms. The normalized spacial score (nSPS) is 17.5. The zero-order valence-corrected chi connectivity index (χ0v) is 21.4. The van der Waals surface area contributed by atoms with Crippen molar-refractivity contribution in [1.82, 2.24) is 29.7 Å². The number of amides is 2. The molecule has 2 aromatic heterocycles. The van der Waals surface area contributed by atoms with E-state index in [4.69, 9.17) is 4.98 Å². The Bertz CT molecular complexity index is 1390. The van der Waals surface area contributed by atoms with Gasteiger partial charge in [-0.2, -0.15) is 20.4 Å². The molecular formula is C24H23BrFN9O. The molecule has 0 N–H and O–H groups in total. The van der Waals surface area contributed by atoms with Gasteiger partial charge in [-0.25, -0.2) is 23.9 Å². The molecule has 10 nitrogen and oxygen atoms in total. The summed E-state index contributed by atoms with van der Waals surface area (Å²) in [5, 5.41) is 19.4. The van der Waals surface area contributed by atoms with Gasteiger partial charge in [0.25, 0.3) is 0 Å². The molecule has 0 aliphatic carbocycles. The van der Waals surface area contributed by atoms with Crippen molar-refractivity contribution in [2.75, 3.05) is 31.1 Å². The molecular weight excluding hydrogens is 529 g/mol. The molecule has 1 saturated heterocycles. The van der Waals surface area contributed by atoms with E-state index in [-0.39, 0.29) is 11.6 Å². The summed E-state index contributed by atoms with van der Waals surface area (Å²) in [5.74, 6) is 0.738. The Morgan fingerprint density at radius 3 is 2.67 bits per heavy atom. The smallest absolute Gasteiger partial charge is 0.337 e. The van der Waals surface area contributed by atoms with E-state index in [1.807, 2.05) is 30.9 Å². The standard InChI is InChI=1S/C24H23BrFN9O/c1-15-22(25)16(2)34(31-15)21-4-5-28-23(30-21)32-7-9-33(10-8-32)24(36)35-20(3-6-29-35)18-11-17(14-27)12-19(26)13-18/h4-6,11-13,20H,3,7-10H2,1-2H3. The van der Waals surface area contributed by atoms with Crippen LogP contribution in [0.1, 0.15) is 35.0 Å². The number of aryl methyl sites for hydroxylation is 1. The highest BCUT2D eigenvalue weighted by atomic mass is 79.9. The number of piperazine rings is 1. The lowest BCUT2D eigenvalue weighted by Gasteiger charge is -2.37. The molecule has 4 heterocycles. The third-order valence-corrected chi connectivity index (χ3v) is 7.49. The molecule has 184 valence electrons. The number of carbonyl (C=O) groups excluding carboxylic acids is 1. The fourth-order valence-corrected chi connectivity index (χ4v) is 4.69. The lowest BCUT2D eigenvalue weighted by molar-refractivity contribution is 0.139. The predicted molar refractivity (Wildman–Crippen MR) is 134 cm³/mol. The van der Waals surface area contributed by atoms with Gasteiger partial charge in [0.15, 0.2) is 5.82 Å². The summed E-state index contributed by atoms with van der Waals surface area (Å²) in [6, 6.07) is 7.20. The SMILES string of the molecule is Cc1nn(-c2ccnc(N3CCN(C(=O)N4N=CCC4c4cc(F)cc(C#N)c4)CC3)n2)c(C)c1Br. The van der Waals surface area contributed by atoms with Crippen LogP contribution in [0.5, 0.6) is 0 Å². The summed E-state index contributed by atoms with van der Waals surface area (Å²) in [4.78, 5) is 26.2. The molecule has 3 aromatic rings. The molecule has 0 saturated carbocycles. The minimum Gasteiger partial charge on any atom is -0.337 e. The average molecular weight is 552 g/mol. The van der Waals surface area contributed by atoms with E-state index < -0.39 is 11.9 Å². The van der Waals surface area contributed by atoms with Crippen LogP contribution >= 0.6 is 15.9 Å². The maximum atomic E-state index is 14.0. The quantitative estimate of drug-likeness (QED) is 0.491. The number of hydrogen-bond acceptors (Lipinski definition) is 7. The highest BCUT2D eigenvalue weighted by Crippen LogP contribution is 2.31. The maximum Gasteiger partial charge on any atom is 0.341 e. The van der Waals surface area contributed by atoms with Crippen LogP contribution in [0.25, 0.3) is 5.82 Å². The summed E-state index contributed by atoms with van der Waals surface area (Å²) < 4.78 is 16.7. The number of nitrogens with zero attached hydrogens (tertiary/aromatic N) is 9. The Kier molecular flexibility index (Phi) is 6.40. The van der Waals surface area contributed by atoms with E-state index in [9.17, 15) is 14.4 Å². The van der Waals surface area contributed by atoms with Crippen LogP contribution < -0.4 is 4.90 Å². The molecule has 0 radical (unpaired) electrons. The van der Waals surface area contributed by atoms with Crippen LogP contribution in [-0.4, -0.2) is 68.1 Å². The molecule has 12 heteroatoms. The number of halogens is 2. The molecule has 1 aromatic carbocycles. The Morgan fingerprint density at radius 2 is 1.97 bits per heavy atom. The van der Waals surface area contributed by atoms with Crippen molar-refractivity contribution < 1.29 is 9.18 Å². The first-order chi connectivity index (χ1) is 17.4. The van der Waals surface area contributed by atoms with Crippen molar-refractivity contribution in [3.05, 3.63) is 63.3 Å². The van der Waals surface area contributed by atoms with Crippen LogP contribution in [0, 0.1) is 31.0 Å². The van der Waals surface area contributed by atoms with Gasteiger partial charge in [0.2, 0.25) is 5.95 Å². The summed E-state index contributed by atoms with van der Waals surface area (Å²) in [5.41, 5.74) is 2.60. The van der Waals surface area contributed by atoms with Gasteiger partial charge in [-0.3, -0.25) is 0 Å². The van der Waals surface area contributed by atoms with Crippen LogP contribution in [-0.2, 0) is 0 Å². The third kappa shape index (κ3) is 4.42. The van der Waals surface area contributed by atoms with Gasteiger partial charge in [-0.05, 0) is 53.5 Å². The van der Waals surface area contributed by atoms with Gasteiger partial charge in [-0.15, -0.1) is 0 Å². The van der Waals surface area contributed by atoms with Crippen molar-refractivity contribution in [3.8, 4) is 11.9 Å². The van der Waals surface area contributed by atoms with Gasteiger partial charge in [-0.1, -0.05) is 0 Å². The number of hydrogen-bond donors (Lipinski definition) is 0. The topological polar surface area (TPSA) is 107 Å². The Morgan fingerprint density at radius 1 is 1.19 bits per heavy atom. The Labute approximate surface area is 215 Å². The number of carbonyl (C=O) groups is 1. The summed E-state index contributed by atoms with van der Waals surface area (Å²) in [6.07, 6.45) is 3.81. The van der Waals surface area contributed by atoms with Crippen molar-refractivity contribution in [2.45, 2.75) is 26.3 Å². The van der Waals surface area contributed by atoms with E-state index in [0.29, 0.717) is 49.9 Å². The van der Waals surface area contributed by atoms with Gasteiger partial charge in [0.1, 0.15) is 5.82 Å². The molecule has 1 atom stereocenters. The first-order valence-electron chi connectivity index (χ1n) is 11.5. The largest absolute Gasteiger partial charge is 0.341 e. The number of urea groups is 1. The van der Waals surface area contributed by atoms with Crippen molar-refractivity contribution in [1.29, 1.82) is 5.26 Å². The molecule has 2 aliphatic heterocycles. The molecule has 36 heavy (non-hydrogen) atoms. The highest BCUT2D eigenvalue weighted by molar-refractivity contribution is 9.10. The van der Waals surface area contributed by atoms with Gasteiger partial charge in [0.05, 0.1) is 33.5 Å². The first-order valence-corrected chi connectivity index (χ1v) is 12.3. The molecule has 1 unspecified atom stereocenters. The number of nitriles is 1. The zero-order valence-electron chi connectivity index (χ0n) is 19.8. The van der Waals surface area contributed by atoms with E-state index in [1.54, 1.807) is 28.1 Å². The number of aromatic nitrogens is 4. The maximum absolute atomic E-state index is 14.0. The summed E-state index contributed by atoms with van der Waals surface area (Å²) >= 11 is 3.55. The number of benzene rings is 1. The summed E-state index contributed by atoms with van der Waals surface area (Å²) in [7, 11) is 0. The fourth-order valence-electron chi connectivity index (χ4n) is 4.44. The number of anilines is 1. The lowest BCUT2D eigenvalue weighted by atomic mass is 10.0.